The van der Waals surface area contributed by atoms with Crippen LogP contribution >= 0.6 is 11.6 Å². The summed E-state index contributed by atoms with van der Waals surface area (Å²) in [5.41, 5.74) is -0.342. The number of urea groups is 1. The third kappa shape index (κ3) is 4.14. The Morgan fingerprint density at radius 1 is 1.42 bits per heavy atom. The van der Waals surface area contributed by atoms with E-state index in [2.05, 4.69) is 10.6 Å². The summed E-state index contributed by atoms with van der Waals surface area (Å²) in [6.45, 7) is 6.22. The normalized spacial score (nSPS) is 17.8. The predicted molar refractivity (Wildman–Crippen MR) is 90.1 cm³/mol. The van der Waals surface area contributed by atoms with Gasteiger partial charge in [0.25, 0.3) is 5.69 Å². The van der Waals surface area contributed by atoms with E-state index >= 15 is 0 Å². The van der Waals surface area contributed by atoms with Gasteiger partial charge in [-0.1, -0.05) is 11.6 Å². The summed E-state index contributed by atoms with van der Waals surface area (Å²) >= 11 is 5.73. The third-order valence-electron chi connectivity index (χ3n) is 3.67. The summed E-state index contributed by atoms with van der Waals surface area (Å²) in [5, 5.41) is 16.1. The van der Waals surface area contributed by atoms with Crippen molar-refractivity contribution in [3.63, 3.8) is 0 Å². The molecule has 0 saturated carbocycles. The predicted octanol–water partition coefficient (Wildman–Crippen LogP) is 2.77. The lowest BCUT2D eigenvalue weighted by molar-refractivity contribution is -0.384. The minimum Gasteiger partial charge on any atom is -0.336 e. The maximum Gasteiger partial charge on any atom is 0.319 e. The number of nitro groups is 1. The minimum atomic E-state index is -0.623. The van der Waals surface area contributed by atoms with Gasteiger partial charge >= 0.3 is 6.03 Å². The third-order valence-corrected chi connectivity index (χ3v) is 3.99. The van der Waals surface area contributed by atoms with Gasteiger partial charge in [-0.05, 0) is 32.9 Å². The molecular formula is C15H19ClN4O4. The van der Waals surface area contributed by atoms with E-state index in [1.165, 1.54) is 18.2 Å². The van der Waals surface area contributed by atoms with Crippen LogP contribution in [0.3, 0.4) is 0 Å². The largest absolute Gasteiger partial charge is 0.336 e. The first-order valence-electron chi connectivity index (χ1n) is 7.40. The summed E-state index contributed by atoms with van der Waals surface area (Å²) in [6.07, 6.45) is 0.228. The van der Waals surface area contributed by atoms with E-state index in [0.29, 0.717) is 6.54 Å². The average Bonchev–Trinajstić information content (AvgIpc) is 2.81. The van der Waals surface area contributed by atoms with Gasteiger partial charge in [0.05, 0.1) is 11.0 Å². The number of anilines is 1. The molecule has 1 unspecified atom stereocenters. The molecule has 24 heavy (non-hydrogen) atoms. The molecule has 3 amide bonds. The highest BCUT2D eigenvalue weighted by Gasteiger charge is 2.36. The number of amides is 3. The highest BCUT2D eigenvalue weighted by atomic mass is 35.5. The van der Waals surface area contributed by atoms with E-state index in [1.807, 2.05) is 20.8 Å². The number of hydrogen-bond acceptors (Lipinski definition) is 4. The number of carbonyl (C=O) groups is 2. The van der Waals surface area contributed by atoms with Crippen LogP contribution in [0, 0.1) is 10.1 Å². The molecule has 9 heteroatoms. The Morgan fingerprint density at radius 3 is 2.62 bits per heavy atom. The topological polar surface area (TPSA) is 105 Å². The molecule has 1 aromatic carbocycles. The van der Waals surface area contributed by atoms with Gasteiger partial charge in [-0.3, -0.25) is 14.9 Å². The van der Waals surface area contributed by atoms with E-state index < -0.39 is 11.0 Å². The lowest BCUT2D eigenvalue weighted by Gasteiger charge is -2.32. The van der Waals surface area contributed by atoms with Crippen LogP contribution in [0.2, 0.25) is 5.02 Å². The maximum atomic E-state index is 12.0. The van der Waals surface area contributed by atoms with Crippen LogP contribution in [0.4, 0.5) is 16.2 Å². The van der Waals surface area contributed by atoms with Gasteiger partial charge in [0.2, 0.25) is 5.91 Å². The fraction of sp³-hybridized carbons (Fsp3) is 0.467. The molecule has 1 saturated heterocycles. The molecule has 0 radical (unpaired) electrons. The number of benzene rings is 1. The molecule has 130 valence electrons. The van der Waals surface area contributed by atoms with Crippen LogP contribution in [0.15, 0.2) is 18.2 Å². The zero-order valence-corrected chi connectivity index (χ0v) is 14.4. The highest BCUT2D eigenvalue weighted by molar-refractivity contribution is 6.32. The van der Waals surface area contributed by atoms with Gasteiger partial charge in [-0.25, -0.2) is 4.79 Å². The Balaban J connectivity index is 1.99. The molecular weight excluding hydrogens is 336 g/mol. The second kappa shape index (κ2) is 6.64. The quantitative estimate of drug-likeness (QED) is 0.643. The first kappa shape index (κ1) is 18.0. The number of rotatable bonds is 3. The first-order valence-corrected chi connectivity index (χ1v) is 7.77. The van der Waals surface area contributed by atoms with Crippen molar-refractivity contribution in [1.82, 2.24) is 10.2 Å². The van der Waals surface area contributed by atoms with E-state index in [-0.39, 0.29) is 40.3 Å². The number of nitrogens with zero attached hydrogens (tertiary/aromatic N) is 2. The van der Waals surface area contributed by atoms with E-state index in [1.54, 1.807) is 4.90 Å². The summed E-state index contributed by atoms with van der Waals surface area (Å²) < 4.78 is 0. The molecule has 1 aliphatic heterocycles. The molecule has 1 aromatic rings. The molecule has 1 aliphatic rings. The number of nitrogens with one attached hydrogen (secondary N) is 2. The summed E-state index contributed by atoms with van der Waals surface area (Å²) in [5.74, 6) is -0.0186. The Labute approximate surface area is 144 Å². The molecule has 1 heterocycles. The number of likely N-dealkylation sites (tertiary alicyclic amines) is 1. The summed E-state index contributed by atoms with van der Waals surface area (Å²) in [4.78, 5) is 36.0. The molecule has 0 spiro atoms. The Hall–Kier alpha value is -2.35. The van der Waals surface area contributed by atoms with Crippen molar-refractivity contribution in [1.29, 1.82) is 0 Å². The SMILES string of the molecule is CC(C)(C)N1CC(NC(=O)Nc2ccc(Cl)c([N+](=O)[O-])c2)CC1=O. The second-order valence-corrected chi connectivity index (χ2v) is 7.01. The molecule has 1 fully saturated rings. The Kier molecular flexibility index (Phi) is 4.98. The van der Waals surface area contributed by atoms with Gasteiger partial charge in [-0.2, -0.15) is 0 Å². The van der Waals surface area contributed by atoms with Gasteiger partial charge in [0.15, 0.2) is 0 Å². The zero-order valence-electron chi connectivity index (χ0n) is 13.6. The van der Waals surface area contributed by atoms with Gasteiger partial charge in [-0.15, -0.1) is 0 Å². The van der Waals surface area contributed by atoms with Crippen molar-refractivity contribution in [3.8, 4) is 0 Å². The first-order chi connectivity index (χ1) is 11.1. The fourth-order valence-corrected chi connectivity index (χ4v) is 2.72. The molecule has 1 atom stereocenters. The standard InChI is InChI=1S/C15H19ClN4O4/c1-15(2,3)19-8-10(7-13(19)21)18-14(22)17-9-4-5-11(16)12(6-9)20(23)24/h4-6,10H,7-8H2,1-3H3,(H2,17,18,22). The average molecular weight is 355 g/mol. The molecule has 8 nitrogen and oxygen atoms in total. The molecule has 2 rings (SSSR count). The minimum absolute atomic E-state index is 0.00633. The van der Waals surface area contributed by atoms with Crippen LogP contribution in [0.25, 0.3) is 0 Å². The van der Waals surface area contributed by atoms with Crippen molar-refractivity contribution in [2.24, 2.45) is 0 Å². The van der Waals surface area contributed by atoms with E-state index in [9.17, 15) is 19.7 Å². The number of halogens is 1. The molecule has 0 aromatic heterocycles. The smallest absolute Gasteiger partial charge is 0.319 e. The summed E-state index contributed by atoms with van der Waals surface area (Å²) in [6, 6.07) is 3.16. The highest BCUT2D eigenvalue weighted by Crippen LogP contribution is 2.27. The van der Waals surface area contributed by atoms with Crippen molar-refractivity contribution < 1.29 is 14.5 Å². The molecule has 0 bridgehead atoms. The van der Waals surface area contributed by atoms with E-state index in [0.717, 1.165) is 0 Å². The van der Waals surface area contributed by atoms with Crippen LogP contribution in [-0.2, 0) is 4.79 Å². The molecule has 0 aliphatic carbocycles. The van der Waals surface area contributed by atoms with Crippen molar-refractivity contribution in [3.05, 3.63) is 33.3 Å². The number of nitro benzene ring substituents is 1. The van der Waals surface area contributed by atoms with Gasteiger partial charge in [0.1, 0.15) is 5.02 Å². The van der Waals surface area contributed by atoms with Crippen molar-refractivity contribution >= 4 is 34.9 Å². The van der Waals surface area contributed by atoms with Crippen molar-refractivity contribution in [2.45, 2.75) is 38.8 Å². The van der Waals surface area contributed by atoms with Gasteiger partial charge in [0, 0.05) is 30.3 Å². The Bertz CT molecular complexity index is 687. The fourth-order valence-electron chi connectivity index (χ4n) is 2.54. The van der Waals surface area contributed by atoms with Crippen LogP contribution in [0.1, 0.15) is 27.2 Å². The van der Waals surface area contributed by atoms with Crippen LogP contribution in [-0.4, -0.2) is 39.9 Å². The zero-order chi connectivity index (χ0) is 18.1. The Morgan fingerprint density at radius 2 is 2.08 bits per heavy atom. The van der Waals surface area contributed by atoms with Gasteiger partial charge < -0.3 is 15.5 Å². The molecule has 2 N–H and O–H groups in total. The van der Waals surface area contributed by atoms with Crippen LogP contribution < -0.4 is 10.6 Å². The lowest BCUT2D eigenvalue weighted by Crippen LogP contribution is -2.45. The second-order valence-electron chi connectivity index (χ2n) is 6.60. The number of carbonyl (C=O) groups excluding carboxylic acids is 2. The van der Waals surface area contributed by atoms with E-state index in [4.69, 9.17) is 11.6 Å². The monoisotopic (exact) mass is 354 g/mol. The van der Waals surface area contributed by atoms with Crippen molar-refractivity contribution in [2.75, 3.05) is 11.9 Å². The lowest BCUT2D eigenvalue weighted by atomic mass is 10.1. The summed E-state index contributed by atoms with van der Waals surface area (Å²) in [7, 11) is 0. The maximum absolute atomic E-state index is 12.0. The van der Waals surface area contributed by atoms with Crippen LogP contribution in [0.5, 0.6) is 0 Å². The number of hydrogen-bond donors (Lipinski definition) is 2.